The molecule has 0 saturated heterocycles. The lowest BCUT2D eigenvalue weighted by Crippen LogP contribution is -2.30. The van der Waals surface area contributed by atoms with Crippen LogP contribution in [0.15, 0.2) is 42.0 Å². The summed E-state index contributed by atoms with van der Waals surface area (Å²) in [5.41, 5.74) is 2.79. The maximum absolute atomic E-state index is 3.57. The molecule has 88 valence electrons. The Morgan fingerprint density at radius 2 is 1.94 bits per heavy atom. The number of nitrogens with one attached hydrogen (secondary N) is 1. The predicted molar refractivity (Wildman–Crippen MR) is 71.7 cm³/mol. The largest absolute Gasteiger partial charge is 0.310 e. The van der Waals surface area contributed by atoms with E-state index in [1.807, 2.05) is 0 Å². The van der Waals surface area contributed by atoms with E-state index >= 15 is 0 Å². The van der Waals surface area contributed by atoms with Crippen LogP contribution >= 0.6 is 0 Å². The molecule has 0 fully saturated rings. The molecule has 0 heterocycles. The molecule has 0 aliphatic rings. The first kappa shape index (κ1) is 13.0. The summed E-state index contributed by atoms with van der Waals surface area (Å²) in [5, 5.41) is 3.57. The van der Waals surface area contributed by atoms with Gasteiger partial charge in [-0.25, -0.2) is 0 Å². The van der Waals surface area contributed by atoms with E-state index in [0.717, 1.165) is 13.0 Å². The van der Waals surface area contributed by atoms with E-state index in [1.54, 1.807) is 0 Å². The van der Waals surface area contributed by atoms with Gasteiger partial charge in [-0.2, -0.15) is 0 Å². The molecule has 0 aromatic heterocycles. The third-order valence-electron chi connectivity index (χ3n) is 2.73. The molecule has 1 unspecified atom stereocenters. The second-order valence-corrected chi connectivity index (χ2v) is 4.48. The normalized spacial score (nSPS) is 12.2. The summed E-state index contributed by atoms with van der Waals surface area (Å²) in [6.45, 7) is 7.50. The van der Waals surface area contributed by atoms with Gasteiger partial charge in [-0.05, 0) is 32.3 Å². The predicted octanol–water partition coefficient (Wildman–Crippen LogP) is 3.56. The summed E-state index contributed by atoms with van der Waals surface area (Å²) < 4.78 is 0. The van der Waals surface area contributed by atoms with Crippen molar-refractivity contribution in [2.45, 2.75) is 39.7 Å². The molecule has 1 aromatic rings. The molecule has 0 spiro atoms. The van der Waals surface area contributed by atoms with Crippen LogP contribution in [0.2, 0.25) is 0 Å². The molecular weight excluding hydrogens is 194 g/mol. The van der Waals surface area contributed by atoms with Gasteiger partial charge in [0.15, 0.2) is 0 Å². The quantitative estimate of drug-likeness (QED) is 0.718. The van der Waals surface area contributed by atoms with Crippen LogP contribution in [0.4, 0.5) is 0 Å². The Morgan fingerprint density at radius 3 is 2.50 bits per heavy atom. The number of hydrogen-bond donors (Lipinski definition) is 1. The highest BCUT2D eigenvalue weighted by molar-refractivity contribution is 5.15. The monoisotopic (exact) mass is 217 g/mol. The first-order valence-electron chi connectivity index (χ1n) is 6.13. The van der Waals surface area contributed by atoms with Crippen molar-refractivity contribution in [3.63, 3.8) is 0 Å². The minimum absolute atomic E-state index is 0.581. The van der Waals surface area contributed by atoms with E-state index in [2.05, 4.69) is 62.5 Å². The molecule has 1 atom stereocenters. The minimum atomic E-state index is 0.581. The zero-order valence-corrected chi connectivity index (χ0v) is 10.7. The van der Waals surface area contributed by atoms with E-state index in [4.69, 9.17) is 0 Å². The molecule has 1 aromatic carbocycles. The molecule has 0 aliphatic heterocycles. The van der Waals surface area contributed by atoms with Crippen LogP contribution in [-0.2, 0) is 6.42 Å². The topological polar surface area (TPSA) is 12.0 Å². The van der Waals surface area contributed by atoms with Crippen molar-refractivity contribution >= 4 is 0 Å². The Morgan fingerprint density at radius 1 is 1.25 bits per heavy atom. The average molecular weight is 217 g/mol. The summed E-state index contributed by atoms with van der Waals surface area (Å²) in [7, 11) is 0. The molecular formula is C15H23N. The lowest BCUT2D eigenvalue weighted by molar-refractivity contribution is 0.521. The first-order chi connectivity index (χ1) is 7.72. The van der Waals surface area contributed by atoms with Gasteiger partial charge in [-0.3, -0.25) is 0 Å². The summed E-state index contributed by atoms with van der Waals surface area (Å²) >= 11 is 0. The zero-order valence-electron chi connectivity index (χ0n) is 10.7. The van der Waals surface area contributed by atoms with Gasteiger partial charge < -0.3 is 5.32 Å². The summed E-state index contributed by atoms with van der Waals surface area (Å²) in [4.78, 5) is 0. The number of hydrogen-bond acceptors (Lipinski definition) is 1. The first-order valence-corrected chi connectivity index (χ1v) is 6.13. The van der Waals surface area contributed by atoms with Gasteiger partial charge in [0.2, 0.25) is 0 Å². The van der Waals surface area contributed by atoms with Crippen molar-refractivity contribution in [3.05, 3.63) is 47.5 Å². The molecule has 0 bridgehead atoms. The zero-order chi connectivity index (χ0) is 11.8. The summed E-state index contributed by atoms with van der Waals surface area (Å²) in [6, 6.07) is 11.3. The van der Waals surface area contributed by atoms with E-state index < -0.39 is 0 Å². The second kappa shape index (κ2) is 7.24. The molecule has 0 saturated carbocycles. The maximum Gasteiger partial charge on any atom is 0.0140 e. The highest BCUT2D eigenvalue weighted by Gasteiger charge is 2.04. The number of rotatable bonds is 6. The van der Waals surface area contributed by atoms with Crippen LogP contribution in [0.3, 0.4) is 0 Å². The molecule has 0 amide bonds. The molecule has 1 rings (SSSR count). The third kappa shape index (κ3) is 5.13. The van der Waals surface area contributed by atoms with Gasteiger partial charge in [-0.1, -0.05) is 48.9 Å². The molecule has 1 N–H and O–H groups in total. The fraction of sp³-hybridized carbons (Fsp3) is 0.467. The second-order valence-electron chi connectivity index (χ2n) is 4.48. The van der Waals surface area contributed by atoms with Crippen molar-refractivity contribution < 1.29 is 0 Å². The highest BCUT2D eigenvalue weighted by atomic mass is 14.9. The Hall–Kier alpha value is -1.08. The highest BCUT2D eigenvalue weighted by Crippen LogP contribution is 2.05. The average Bonchev–Trinajstić information content (AvgIpc) is 2.28. The standard InChI is InChI=1S/C15H23N/c1-4-15(16-11-10-13(2)3)12-14-8-6-5-7-9-14/h5-10,15-16H,4,11-12H2,1-3H3. The SMILES string of the molecule is CCC(Cc1ccccc1)NCC=C(C)C. The van der Waals surface area contributed by atoms with E-state index in [9.17, 15) is 0 Å². The van der Waals surface area contributed by atoms with Gasteiger partial charge in [0.05, 0.1) is 0 Å². The third-order valence-corrected chi connectivity index (χ3v) is 2.73. The van der Waals surface area contributed by atoms with Gasteiger partial charge in [0.1, 0.15) is 0 Å². The van der Waals surface area contributed by atoms with Gasteiger partial charge in [0.25, 0.3) is 0 Å². The molecule has 16 heavy (non-hydrogen) atoms. The van der Waals surface area contributed by atoms with Crippen LogP contribution in [0.1, 0.15) is 32.8 Å². The van der Waals surface area contributed by atoms with Crippen molar-refractivity contribution in [3.8, 4) is 0 Å². The smallest absolute Gasteiger partial charge is 0.0140 e. The lowest BCUT2D eigenvalue weighted by Gasteiger charge is -2.16. The summed E-state index contributed by atoms with van der Waals surface area (Å²) in [6.07, 6.45) is 4.53. The lowest BCUT2D eigenvalue weighted by atomic mass is 10.0. The van der Waals surface area contributed by atoms with Crippen LogP contribution < -0.4 is 5.32 Å². The fourth-order valence-electron chi connectivity index (χ4n) is 1.69. The van der Waals surface area contributed by atoms with Gasteiger partial charge in [-0.15, -0.1) is 0 Å². The van der Waals surface area contributed by atoms with E-state index in [0.29, 0.717) is 6.04 Å². The van der Waals surface area contributed by atoms with Crippen molar-refractivity contribution in [2.24, 2.45) is 0 Å². The van der Waals surface area contributed by atoms with E-state index in [-0.39, 0.29) is 0 Å². The van der Waals surface area contributed by atoms with Crippen molar-refractivity contribution in [1.82, 2.24) is 5.32 Å². The summed E-state index contributed by atoms with van der Waals surface area (Å²) in [5.74, 6) is 0. The van der Waals surface area contributed by atoms with Gasteiger partial charge >= 0.3 is 0 Å². The fourth-order valence-corrected chi connectivity index (χ4v) is 1.69. The van der Waals surface area contributed by atoms with E-state index in [1.165, 1.54) is 17.6 Å². The number of benzene rings is 1. The molecule has 0 radical (unpaired) electrons. The molecule has 0 aliphatic carbocycles. The van der Waals surface area contributed by atoms with Crippen LogP contribution in [-0.4, -0.2) is 12.6 Å². The number of allylic oxidation sites excluding steroid dienone is 1. The minimum Gasteiger partial charge on any atom is -0.310 e. The molecule has 1 heteroatoms. The van der Waals surface area contributed by atoms with Gasteiger partial charge in [0, 0.05) is 12.6 Å². The van der Waals surface area contributed by atoms with Crippen molar-refractivity contribution in [1.29, 1.82) is 0 Å². The van der Waals surface area contributed by atoms with Crippen LogP contribution in [0.25, 0.3) is 0 Å². The van der Waals surface area contributed by atoms with Crippen LogP contribution in [0, 0.1) is 0 Å². The Kier molecular flexibility index (Phi) is 5.87. The Labute approximate surface area is 99.6 Å². The Bertz CT molecular complexity index is 309. The van der Waals surface area contributed by atoms with Crippen molar-refractivity contribution in [2.75, 3.05) is 6.54 Å². The Balaban J connectivity index is 2.40. The molecule has 1 nitrogen and oxygen atoms in total. The van der Waals surface area contributed by atoms with Crippen LogP contribution in [0.5, 0.6) is 0 Å². The maximum atomic E-state index is 3.57.